The Labute approximate surface area is 133 Å². The van der Waals surface area contributed by atoms with E-state index in [-0.39, 0.29) is 17.4 Å². The lowest BCUT2D eigenvalue weighted by atomic mass is 10.1. The summed E-state index contributed by atoms with van der Waals surface area (Å²) < 4.78 is 27.8. The molecule has 0 saturated heterocycles. The van der Waals surface area contributed by atoms with Gasteiger partial charge in [0, 0.05) is 32.2 Å². The summed E-state index contributed by atoms with van der Waals surface area (Å²) in [5.41, 5.74) is 0.712. The molecule has 2 aromatic rings. The monoisotopic (exact) mass is 320 g/mol. The van der Waals surface area contributed by atoms with Crippen molar-refractivity contribution in [2.45, 2.75) is 13.0 Å². The number of pyridine rings is 1. The van der Waals surface area contributed by atoms with Crippen LogP contribution in [-0.2, 0) is 0 Å². The van der Waals surface area contributed by atoms with Gasteiger partial charge in [0.05, 0.1) is 6.04 Å². The lowest BCUT2D eigenvalue weighted by Gasteiger charge is -2.17. The Kier molecular flexibility index (Phi) is 5.10. The molecule has 1 aromatic carbocycles. The Balaban J connectivity index is 2.06. The zero-order valence-corrected chi connectivity index (χ0v) is 13.1. The van der Waals surface area contributed by atoms with Crippen molar-refractivity contribution in [1.82, 2.24) is 10.3 Å². The van der Waals surface area contributed by atoms with Crippen molar-refractivity contribution in [3.05, 3.63) is 53.9 Å². The van der Waals surface area contributed by atoms with Crippen LogP contribution in [0.25, 0.3) is 0 Å². The van der Waals surface area contributed by atoms with Crippen LogP contribution in [0, 0.1) is 11.6 Å². The average Bonchev–Trinajstić information content (AvgIpc) is 2.46. The smallest absolute Gasteiger partial charge is 0.319 e. The van der Waals surface area contributed by atoms with Crippen LogP contribution < -0.4 is 15.5 Å². The van der Waals surface area contributed by atoms with Crippen LogP contribution in [-0.4, -0.2) is 25.1 Å². The van der Waals surface area contributed by atoms with Gasteiger partial charge in [-0.25, -0.2) is 13.6 Å². The molecule has 1 aromatic heterocycles. The molecule has 23 heavy (non-hydrogen) atoms. The van der Waals surface area contributed by atoms with Crippen molar-refractivity contribution in [1.29, 1.82) is 0 Å². The van der Waals surface area contributed by atoms with Crippen LogP contribution in [0.2, 0.25) is 0 Å². The summed E-state index contributed by atoms with van der Waals surface area (Å²) >= 11 is 0. The Bertz CT molecular complexity index is 669. The molecular weight excluding hydrogens is 302 g/mol. The molecule has 2 amide bonds. The highest BCUT2D eigenvalue weighted by molar-refractivity contribution is 5.89. The minimum Gasteiger partial charge on any atom is -0.373 e. The van der Waals surface area contributed by atoms with Gasteiger partial charge in [0.25, 0.3) is 0 Å². The number of nitrogens with one attached hydrogen (secondary N) is 2. The molecular formula is C16H18F2N4O. The molecule has 122 valence electrons. The molecule has 0 aliphatic rings. The van der Waals surface area contributed by atoms with E-state index >= 15 is 0 Å². The van der Waals surface area contributed by atoms with Crippen molar-refractivity contribution >= 4 is 17.4 Å². The van der Waals surface area contributed by atoms with Gasteiger partial charge in [-0.2, -0.15) is 0 Å². The summed E-state index contributed by atoms with van der Waals surface area (Å²) in [6.45, 7) is 1.78. The number of hydrogen-bond acceptors (Lipinski definition) is 3. The molecule has 0 fully saturated rings. The highest BCUT2D eigenvalue weighted by Crippen LogP contribution is 2.25. The van der Waals surface area contributed by atoms with Crippen LogP contribution >= 0.6 is 0 Å². The standard InChI is InChI=1S/C16H18F2N4O/c1-10(11-5-4-6-19-9-11)20-16(23)21-12-7-13(17)15(22(2)3)14(18)8-12/h4-10H,1-3H3,(H2,20,21,23)/t10-/m0/s1. The van der Waals surface area contributed by atoms with E-state index in [1.165, 1.54) is 19.0 Å². The number of benzene rings is 1. The zero-order valence-electron chi connectivity index (χ0n) is 13.1. The first-order chi connectivity index (χ1) is 10.9. The summed E-state index contributed by atoms with van der Waals surface area (Å²) in [6, 6.07) is 4.89. The predicted molar refractivity (Wildman–Crippen MR) is 85.5 cm³/mol. The Morgan fingerprint density at radius 3 is 2.43 bits per heavy atom. The fourth-order valence-corrected chi connectivity index (χ4v) is 2.14. The molecule has 0 spiro atoms. The van der Waals surface area contributed by atoms with E-state index in [4.69, 9.17) is 0 Å². The molecule has 2 N–H and O–H groups in total. The third-order valence-corrected chi connectivity index (χ3v) is 3.25. The zero-order chi connectivity index (χ0) is 17.0. The van der Waals surface area contributed by atoms with Crippen molar-refractivity contribution in [3.63, 3.8) is 0 Å². The number of aromatic nitrogens is 1. The molecule has 1 heterocycles. The quantitative estimate of drug-likeness (QED) is 0.909. The SMILES string of the molecule is C[C@H](NC(=O)Nc1cc(F)c(N(C)C)c(F)c1)c1cccnc1. The second-order valence-electron chi connectivity index (χ2n) is 5.29. The van der Waals surface area contributed by atoms with E-state index in [1.54, 1.807) is 25.4 Å². The molecule has 0 bridgehead atoms. The van der Waals surface area contributed by atoms with Crippen LogP contribution in [0.3, 0.4) is 0 Å². The van der Waals surface area contributed by atoms with Gasteiger partial charge in [0.2, 0.25) is 0 Å². The highest BCUT2D eigenvalue weighted by atomic mass is 19.1. The van der Waals surface area contributed by atoms with Gasteiger partial charge >= 0.3 is 6.03 Å². The first-order valence-electron chi connectivity index (χ1n) is 7.02. The average molecular weight is 320 g/mol. The number of carbonyl (C=O) groups excluding carboxylic acids is 1. The van der Waals surface area contributed by atoms with Crippen molar-refractivity contribution < 1.29 is 13.6 Å². The number of rotatable bonds is 4. The van der Waals surface area contributed by atoms with Gasteiger partial charge in [-0.05, 0) is 30.7 Å². The molecule has 0 unspecified atom stereocenters. The number of anilines is 2. The van der Waals surface area contributed by atoms with Gasteiger partial charge in [-0.1, -0.05) is 6.07 Å². The van der Waals surface area contributed by atoms with E-state index in [1.807, 2.05) is 6.07 Å². The summed E-state index contributed by atoms with van der Waals surface area (Å²) in [7, 11) is 3.08. The maximum atomic E-state index is 13.9. The van der Waals surface area contributed by atoms with Gasteiger partial charge in [-0.15, -0.1) is 0 Å². The van der Waals surface area contributed by atoms with Gasteiger partial charge < -0.3 is 15.5 Å². The van der Waals surface area contributed by atoms with E-state index in [2.05, 4.69) is 15.6 Å². The molecule has 1 atom stereocenters. The van der Waals surface area contributed by atoms with Gasteiger partial charge in [0.1, 0.15) is 5.69 Å². The first-order valence-corrected chi connectivity index (χ1v) is 7.02. The number of carbonyl (C=O) groups is 1. The topological polar surface area (TPSA) is 57.3 Å². The molecule has 2 rings (SSSR count). The van der Waals surface area contributed by atoms with Crippen LogP contribution in [0.4, 0.5) is 25.0 Å². The van der Waals surface area contributed by atoms with Crippen LogP contribution in [0.15, 0.2) is 36.7 Å². The Morgan fingerprint density at radius 2 is 1.91 bits per heavy atom. The molecule has 0 radical (unpaired) electrons. The molecule has 0 aliphatic heterocycles. The van der Waals surface area contributed by atoms with Crippen LogP contribution in [0.1, 0.15) is 18.5 Å². The second kappa shape index (κ2) is 7.04. The Morgan fingerprint density at radius 1 is 1.26 bits per heavy atom. The molecule has 0 aliphatic carbocycles. The predicted octanol–water partition coefficient (Wildman–Crippen LogP) is 3.31. The van der Waals surface area contributed by atoms with Crippen molar-refractivity contribution in [2.75, 3.05) is 24.3 Å². The number of amides is 2. The number of urea groups is 1. The largest absolute Gasteiger partial charge is 0.373 e. The summed E-state index contributed by atoms with van der Waals surface area (Å²) in [4.78, 5) is 17.2. The lowest BCUT2D eigenvalue weighted by Crippen LogP contribution is -2.31. The summed E-state index contributed by atoms with van der Waals surface area (Å²) in [6.07, 6.45) is 3.27. The van der Waals surface area contributed by atoms with E-state index < -0.39 is 17.7 Å². The molecule has 7 heteroatoms. The fraction of sp³-hybridized carbons (Fsp3) is 0.250. The Hall–Kier alpha value is -2.70. The van der Waals surface area contributed by atoms with E-state index in [0.717, 1.165) is 17.7 Å². The van der Waals surface area contributed by atoms with Crippen molar-refractivity contribution in [2.24, 2.45) is 0 Å². The lowest BCUT2D eigenvalue weighted by molar-refractivity contribution is 0.249. The van der Waals surface area contributed by atoms with E-state index in [0.29, 0.717) is 0 Å². The maximum Gasteiger partial charge on any atom is 0.319 e. The molecule has 5 nitrogen and oxygen atoms in total. The first kappa shape index (κ1) is 16.7. The maximum absolute atomic E-state index is 13.9. The van der Waals surface area contributed by atoms with E-state index in [9.17, 15) is 13.6 Å². The summed E-state index contributed by atoms with van der Waals surface area (Å²) in [5.74, 6) is -1.49. The number of hydrogen-bond donors (Lipinski definition) is 2. The number of halogens is 2. The summed E-state index contributed by atoms with van der Waals surface area (Å²) in [5, 5.41) is 5.10. The minimum absolute atomic E-state index is 0.0430. The minimum atomic E-state index is -0.745. The van der Waals surface area contributed by atoms with Gasteiger partial charge in [-0.3, -0.25) is 4.98 Å². The van der Waals surface area contributed by atoms with Gasteiger partial charge in [0.15, 0.2) is 11.6 Å². The van der Waals surface area contributed by atoms with Crippen molar-refractivity contribution in [3.8, 4) is 0 Å². The van der Waals surface area contributed by atoms with Crippen LogP contribution in [0.5, 0.6) is 0 Å². The third kappa shape index (κ3) is 4.15. The fourth-order valence-electron chi connectivity index (χ4n) is 2.14. The second-order valence-corrected chi connectivity index (χ2v) is 5.29. The highest BCUT2D eigenvalue weighted by Gasteiger charge is 2.15. The number of nitrogens with zero attached hydrogens (tertiary/aromatic N) is 2. The molecule has 0 saturated carbocycles. The normalized spacial score (nSPS) is 11.7. The third-order valence-electron chi connectivity index (χ3n) is 3.25.